The van der Waals surface area contributed by atoms with Gasteiger partial charge in [0.25, 0.3) is 0 Å². The SMILES string of the molecule is Nc1ccc(S(N)(=O)=O)cc1Nc1cc(F)c(F)c(F)c1. The number of nitrogens with two attached hydrogens (primary N) is 2. The Bertz CT molecular complexity index is 786. The molecule has 0 atom stereocenters. The number of anilines is 3. The van der Waals surface area contributed by atoms with E-state index in [1.807, 2.05) is 0 Å². The molecule has 0 bridgehead atoms. The fraction of sp³-hybridized carbons (Fsp3) is 0. The molecule has 0 aromatic heterocycles. The zero-order chi connectivity index (χ0) is 15.8. The van der Waals surface area contributed by atoms with Crippen LogP contribution < -0.4 is 16.2 Å². The van der Waals surface area contributed by atoms with Crippen molar-refractivity contribution in [3.63, 3.8) is 0 Å². The van der Waals surface area contributed by atoms with Gasteiger partial charge in [-0.3, -0.25) is 0 Å². The van der Waals surface area contributed by atoms with E-state index in [0.717, 1.165) is 6.07 Å². The molecule has 112 valence electrons. The van der Waals surface area contributed by atoms with Gasteiger partial charge in [-0.05, 0) is 18.2 Å². The molecule has 0 heterocycles. The van der Waals surface area contributed by atoms with Crippen LogP contribution in [0.5, 0.6) is 0 Å². The van der Waals surface area contributed by atoms with Crippen LogP contribution in [0.1, 0.15) is 0 Å². The molecule has 2 aromatic carbocycles. The highest BCUT2D eigenvalue weighted by Gasteiger charge is 2.13. The van der Waals surface area contributed by atoms with Gasteiger partial charge >= 0.3 is 0 Å². The van der Waals surface area contributed by atoms with Crippen LogP contribution in [0.25, 0.3) is 0 Å². The topological polar surface area (TPSA) is 98.2 Å². The molecule has 5 nitrogen and oxygen atoms in total. The van der Waals surface area contributed by atoms with E-state index in [4.69, 9.17) is 10.9 Å². The lowest BCUT2D eigenvalue weighted by Gasteiger charge is -2.11. The smallest absolute Gasteiger partial charge is 0.238 e. The molecule has 5 N–H and O–H groups in total. The first kappa shape index (κ1) is 15.1. The van der Waals surface area contributed by atoms with Crippen LogP contribution in [0.4, 0.5) is 30.2 Å². The predicted molar refractivity (Wildman–Crippen MR) is 71.8 cm³/mol. The van der Waals surface area contributed by atoms with Crippen LogP contribution in [-0.4, -0.2) is 8.42 Å². The van der Waals surface area contributed by atoms with E-state index in [1.165, 1.54) is 12.1 Å². The number of rotatable bonds is 3. The minimum atomic E-state index is -3.96. The van der Waals surface area contributed by atoms with Crippen molar-refractivity contribution < 1.29 is 21.6 Å². The van der Waals surface area contributed by atoms with E-state index in [1.54, 1.807) is 0 Å². The molecule has 0 fully saturated rings. The molecule has 0 aliphatic heterocycles. The average Bonchev–Trinajstić information content (AvgIpc) is 2.37. The Kier molecular flexibility index (Phi) is 3.79. The van der Waals surface area contributed by atoms with Crippen molar-refractivity contribution in [2.45, 2.75) is 4.90 Å². The first-order chi connectivity index (χ1) is 9.68. The van der Waals surface area contributed by atoms with Gasteiger partial charge in [-0.25, -0.2) is 26.7 Å². The van der Waals surface area contributed by atoms with E-state index in [2.05, 4.69) is 5.32 Å². The molecule has 0 radical (unpaired) electrons. The highest BCUT2D eigenvalue weighted by atomic mass is 32.2. The van der Waals surface area contributed by atoms with E-state index < -0.39 is 27.5 Å². The highest BCUT2D eigenvalue weighted by Crippen LogP contribution is 2.27. The van der Waals surface area contributed by atoms with Crippen LogP contribution in [0.15, 0.2) is 35.2 Å². The Morgan fingerprint density at radius 2 is 1.57 bits per heavy atom. The average molecular weight is 317 g/mol. The summed E-state index contributed by atoms with van der Waals surface area (Å²) in [4.78, 5) is -0.234. The van der Waals surface area contributed by atoms with Gasteiger partial charge in [0.2, 0.25) is 10.0 Å². The molecule has 0 aliphatic rings. The van der Waals surface area contributed by atoms with Gasteiger partial charge in [0.15, 0.2) is 17.5 Å². The van der Waals surface area contributed by atoms with E-state index in [9.17, 15) is 21.6 Å². The second kappa shape index (κ2) is 5.26. The van der Waals surface area contributed by atoms with Crippen molar-refractivity contribution in [2.24, 2.45) is 5.14 Å². The van der Waals surface area contributed by atoms with Crippen LogP contribution >= 0.6 is 0 Å². The van der Waals surface area contributed by atoms with Gasteiger partial charge in [-0.1, -0.05) is 0 Å². The van der Waals surface area contributed by atoms with Crippen molar-refractivity contribution in [3.05, 3.63) is 47.8 Å². The molecule has 0 spiro atoms. The first-order valence-electron chi connectivity index (χ1n) is 5.52. The Morgan fingerprint density at radius 3 is 2.10 bits per heavy atom. The third-order valence-electron chi connectivity index (χ3n) is 2.62. The summed E-state index contributed by atoms with van der Waals surface area (Å²) < 4.78 is 61.6. The summed E-state index contributed by atoms with van der Waals surface area (Å²) in [7, 11) is -3.96. The Balaban J connectivity index is 2.44. The van der Waals surface area contributed by atoms with Crippen molar-refractivity contribution in [2.75, 3.05) is 11.1 Å². The van der Waals surface area contributed by atoms with Crippen molar-refractivity contribution in [1.82, 2.24) is 0 Å². The highest BCUT2D eigenvalue weighted by molar-refractivity contribution is 7.89. The number of sulfonamides is 1. The molecule has 2 aromatic rings. The number of nitrogens with one attached hydrogen (secondary N) is 1. The van der Waals surface area contributed by atoms with Gasteiger partial charge in [0.1, 0.15) is 0 Å². The summed E-state index contributed by atoms with van der Waals surface area (Å²) in [5.74, 6) is -4.39. The Hall–Kier alpha value is -2.26. The molecular formula is C12H10F3N3O2S. The molecule has 0 saturated heterocycles. The minimum Gasteiger partial charge on any atom is -0.397 e. The maximum atomic E-state index is 13.1. The van der Waals surface area contributed by atoms with Gasteiger partial charge in [-0.2, -0.15) is 0 Å². The summed E-state index contributed by atoms with van der Waals surface area (Å²) >= 11 is 0. The summed E-state index contributed by atoms with van der Waals surface area (Å²) in [6.45, 7) is 0. The maximum Gasteiger partial charge on any atom is 0.238 e. The molecule has 0 saturated carbocycles. The van der Waals surface area contributed by atoms with Crippen molar-refractivity contribution in [3.8, 4) is 0 Å². The number of halogens is 3. The predicted octanol–water partition coefficient (Wildman–Crippen LogP) is 2.08. The molecule has 0 amide bonds. The lowest BCUT2D eigenvalue weighted by molar-refractivity contribution is 0.448. The van der Waals surface area contributed by atoms with E-state index >= 15 is 0 Å². The number of primary sulfonamides is 1. The lowest BCUT2D eigenvalue weighted by Crippen LogP contribution is -2.12. The van der Waals surface area contributed by atoms with Crippen LogP contribution in [0.2, 0.25) is 0 Å². The van der Waals surface area contributed by atoms with Gasteiger partial charge in [0, 0.05) is 17.8 Å². The Morgan fingerprint density at radius 1 is 1.00 bits per heavy atom. The Labute approximate surface area is 118 Å². The zero-order valence-corrected chi connectivity index (χ0v) is 11.2. The summed E-state index contributed by atoms with van der Waals surface area (Å²) in [6.07, 6.45) is 0. The standard InChI is InChI=1S/C12H10F3N3O2S/c13-8-3-6(4-9(14)12(8)15)18-11-5-7(21(17,19)20)1-2-10(11)16/h1-5,18H,16H2,(H2,17,19,20). The largest absolute Gasteiger partial charge is 0.397 e. The number of nitrogen functional groups attached to an aromatic ring is 1. The van der Waals surface area contributed by atoms with Crippen LogP contribution in [0.3, 0.4) is 0 Å². The van der Waals surface area contributed by atoms with E-state index in [0.29, 0.717) is 12.1 Å². The molecule has 2 rings (SSSR count). The summed E-state index contributed by atoms with van der Waals surface area (Å²) in [6, 6.07) is 4.97. The minimum absolute atomic E-state index is 0.0620. The third-order valence-corrected chi connectivity index (χ3v) is 3.53. The molecule has 0 aliphatic carbocycles. The van der Waals surface area contributed by atoms with Gasteiger partial charge < -0.3 is 11.1 Å². The second-order valence-electron chi connectivity index (χ2n) is 4.17. The fourth-order valence-corrected chi connectivity index (χ4v) is 2.14. The van der Waals surface area contributed by atoms with Crippen LogP contribution in [-0.2, 0) is 10.0 Å². The third kappa shape index (κ3) is 3.26. The second-order valence-corrected chi connectivity index (χ2v) is 5.73. The summed E-state index contributed by atoms with van der Waals surface area (Å²) in [5.41, 5.74) is 5.67. The molecule has 21 heavy (non-hydrogen) atoms. The molecular weight excluding hydrogens is 307 g/mol. The molecule has 9 heteroatoms. The van der Waals surface area contributed by atoms with Gasteiger partial charge in [-0.15, -0.1) is 0 Å². The van der Waals surface area contributed by atoms with Crippen molar-refractivity contribution in [1.29, 1.82) is 0 Å². The maximum absolute atomic E-state index is 13.1. The quantitative estimate of drug-likeness (QED) is 0.596. The lowest BCUT2D eigenvalue weighted by atomic mass is 10.2. The number of hydrogen-bond acceptors (Lipinski definition) is 4. The van der Waals surface area contributed by atoms with Crippen molar-refractivity contribution >= 4 is 27.1 Å². The van der Waals surface area contributed by atoms with Crippen LogP contribution in [0, 0.1) is 17.5 Å². The first-order valence-corrected chi connectivity index (χ1v) is 7.07. The fourth-order valence-electron chi connectivity index (χ4n) is 1.60. The zero-order valence-electron chi connectivity index (χ0n) is 10.4. The van der Waals surface area contributed by atoms with Gasteiger partial charge in [0.05, 0.1) is 16.3 Å². The molecule has 0 unspecified atom stereocenters. The number of benzene rings is 2. The summed E-state index contributed by atoms with van der Waals surface area (Å²) in [5, 5.41) is 7.47. The van der Waals surface area contributed by atoms with E-state index in [-0.39, 0.29) is 22.0 Å². The number of hydrogen-bond donors (Lipinski definition) is 3. The monoisotopic (exact) mass is 317 g/mol. The normalized spacial score (nSPS) is 11.4.